The molecule has 3 N–H and O–H groups in total. The van der Waals surface area contributed by atoms with Crippen LogP contribution in [0, 0.1) is 0 Å². The molecule has 1 aliphatic carbocycles. The normalized spacial score (nSPS) is 17.9. The summed E-state index contributed by atoms with van der Waals surface area (Å²) in [7, 11) is 0. The van der Waals surface area contributed by atoms with E-state index in [1.165, 1.54) is 5.56 Å². The van der Waals surface area contributed by atoms with E-state index in [9.17, 15) is 14.4 Å². The van der Waals surface area contributed by atoms with Gasteiger partial charge in [-0.1, -0.05) is 54.6 Å². The molecule has 3 amide bonds. The van der Waals surface area contributed by atoms with E-state index in [0.717, 1.165) is 54.5 Å². The monoisotopic (exact) mass is 485 g/mol. The van der Waals surface area contributed by atoms with Crippen LogP contribution in [0.2, 0.25) is 0 Å². The van der Waals surface area contributed by atoms with Crippen molar-refractivity contribution in [1.82, 2.24) is 25.7 Å². The Morgan fingerprint density at radius 1 is 1.00 bits per heavy atom. The van der Waals surface area contributed by atoms with Crippen molar-refractivity contribution in [2.45, 2.75) is 44.6 Å². The second kappa shape index (κ2) is 10.8. The molecule has 186 valence electrons. The van der Waals surface area contributed by atoms with Gasteiger partial charge in [-0.3, -0.25) is 19.5 Å². The van der Waals surface area contributed by atoms with Gasteiger partial charge in [0, 0.05) is 24.2 Å². The number of fused-ring (bicyclic) bond motifs is 3. The molecule has 0 spiro atoms. The molecule has 1 aromatic heterocycles. The first-order chi connectivity index (χ1) is 17.6. The van der Waals surface area contributed by atoms with Gasteiger partial charge in [-0.25, -0.2) is 0 Å². The predicted molar refractivity (Wildman–Crippen MR) is 136 cm³/mol. The molecule has 2 aliphatic rings. The van der Waals surface area contributed by atoms with Crippen LogP contribution in [0.1, 0.15) is 58.9 Å². The highest BCUT2D eigenvalue weighted by molar-refractivity contribution is 5.98. The minimum absolute atomic E-state index is 0.0723. The van der Waals surface area contributed by atoms with E-state index in [1.54, 1.807) is 4.90 Å². The maximum atomic E-state index is 13.4. The number of aromatic amines is 1. The Labute approximate surface area is 210 Å². The molecule has 0 saturated carbocycles. The summed E-state index contributed by atoms with van der Waals surface area (Å²) < 4.78 is 0. The molecule has 1 unspecified atom stereocenters. The number of carbonyl (C=O) groups excluding carboxylic acids is 3. The smallest absolute Gasteiger partial charge is 0.270 e. The largest absolute Gasteiger partial charge is 0.356 e. The third-order valence-corrected chi connectivity index (χ3v) is 7.07. The number of aryl methyl sites for hydroxylation is 1. The number of H-pyrrole nitrogens is 1. The van der Waals surface area contributed by atoms with Gasteiger partial charge in [0.1, 0.15) is 5.69 Å². The zero-order valence-electron chi connectivity index (χ0n) is 20.3. The number of rotatable bonds is 4. The number of nitrogens with one attached hydrogen (secondary N) is 3. The van der Waals surface area contributed by atoms with Crippen LogP contribution in [0.15, 0.2) is 54.6 Å². The van der Waals surface area contributed by atoms with Crippen molar-refractivity contribution in [3.8, 4) is 11.3 Å². The SMILES string of the molecule is O=C1CC(c2ccccc2)N(C(=O)CNC(=O)c2[nH]nc3c2CCc2ccccc2-3)CCCCCN1. The van der Waals surface area contributed by atoms with Crippen LogP contribution in [0.25, 0.3) is 11.3 Å². The zero-order valence-corrected chi connectivity index (χ0v) is 20.3. The summed E-state index contributed by atoms with van der Waals surface area (Å²) in [5.74, 6) is -0.618. The number of hydrogen-bond donors (Lipinski definition) is 3. The average Bonchev–Trinajstić information content (AvgIpc) is 3.36. The minimum Gasteiger partial charge on any atom is -0.356 e. The Hall–Kier alpha value is -3.94. The molecule has 0 bridgehead atoms. The molecule has 1 atom stereocenters. The van der Waals surface area contributed by atoms with Crippen molar-refractivity contribution in [3.05, 3.63) is 77.0 Å². The fourth-order valence-corrected chi connectivity index (χ4v) is 5.19. The van der Waals surface area contributed by atoms with Crippen LogP contribution in [-0.4, -0.2) is 52.5 Å². The van der Waals surface area contributed by atoms with Crippen LogP contribution in [0.4, 0.5) is 0 Å². The van der Waals surface area contributed by atoms with Crippen LogP contribution >= 0.6 is 0 Å². The lowest BCUT2D eigenvalue weighted by Crippen LogP contribution is -2.44. The molecule has 2 heterocycles. The molecule has 1 fully saturated rings. The summed E-state index contributed by atoms with van der Waals surface area (Å²) >= 11 is 0. The standard InChI is InChI=1S/C28H31N5O3/c34-24-17-23(20-10-3-1-4-11-20)33(16-8-2-7-15-29-24)25(35)18-30-28(36)27-22-14-13-19-9-5-6-12-21(19)26(22)31-32-27/h1,3-6,9-12,23H,2,7-8,13-18H2,(H,29,34)(H,30,36)(H,31,32). The molecule has 2 aromatic carbocycles. The van der Waals surface area contributed by atoms with Gasteiger partial charge in [0.05, 0.1) is 24.7 Å². The Bertz CT molecular complexity index is 1250. The predicted octanol–water partition coefficient (Wildman–Crippen LogP) is 3.17. The van der Waals surface area contributed by atoms with Gasteiger partial charge in [0.15, 0.2) is 0 Å². The van der Waals surface area contributed by atoms with Crippen molar-refractivity contribution in [2.75, 3.05) is 19.6 Å². The van der Waals surface area contributed by atoms with E-state index >= 15 is 0 Å². The van der Waals surface area contributed by atoms with Crippen molar-refractivity contribution in [2.24, 2.45) is 0 Å². The molecule has 3 aromatic rings. The average molecular weight is 486 g/mol. The number of nitrogens with zero attached hydrogens (tertiary/aromatic N) is 2. The lowest BCUT2D eigenvalue weighted by atomic mass is 9.89. The maximum absolute atomic E-state index is 13.4. The molecule has 36 heavy (non-hydrogen) atoms. The van der Waals surface area contributed by atoms with Crippen LogP contribution in [0.5, 0.6) is 0 Å². The Morgan fingerprint density at radius 2 is 1.81 bits per heavy atom. The number of amides is 3. The second-order valence-corrected chi connectivity index (χ2v) is 9.39. The van der Waals surface area contributed by atoms with Gasteiger partial charge in [0.25, 0.3) is 5.91 Å². The molecular formula is C28H31N5O3. The number of aromatic nitrogens is 2. The van der Waals surface area contributed by atoms with E-state index in [-0.39, 0.29) is 36.7 Å². The molecule has 8 nitrogen and oxygen atoms in total. The molecule has 0 radical (unpaired) electrons. The summed E-state index contributed by atoms with van der Waals surface area (Å²) in [6.45, 7) is 1.05. The van der Waals surface area contributed by atoms with Gasteiger partial charge in [-0.15, -0.1) is 0 Å². The first-order valence-corrected chi connectivity index (χ1v) is 12.7. The highest BCUT2D eigenvalue weighted by Crippen LogP contribution is 2.33. The zero-order chi connectivity index (χ0) is 24.9. The van der Waals surface area contributed by atoms with Crippen molar-refractivity contribution >= 4 is 17.7 Å². The van der Waals surface area contributed by atoms with Gasteiger partial charge < -0.3 is 15.5 Å². The summed E-state index contributed by atoms with van der Waals surface area (Å²) in [6, 6.07) is 17.3. The third-order valence-electron chi connectivity index (χ3n) is 7.07. The molecule has 1 saturated heterocycles. The van der Waals surface area contributed by atoms with Gasteiger partial charge in [0.2, 0.25) is 11.8 Å². The van der Waals surface area contributed by atoms with E-state index in [4.69, 9.17) is 0 Å². The Kier molecular flexibility index (Phi) is 7.11. The molecule has 1 aliphatic heterocycles. The van der Waals surface area contributed by atoms with Crippen molar-refractivity contribution in [3.63, 3.8) is 0 Å². The quantitative estimate of drug-likeness (QED) is 0.528. The highest BCUT2D eigenvalue weighted by atomic mass is 16.2. The Balaban J connectivity index is 1.32. The Morgan fingerprint density at radius 3 is 2.67 bits per heavy atom. The van der Waals surface area contributed by atoms with E-state index in [2.05, 4.69) is 26.9 Å². The van der Waals surface area contributed by atoms with Crippen molar-refractivity contribution in [1.29, 1.82) is 0 Å². The topological polar surface area (TPSA) is 107 Å². The number of benzene rings is 2. The number of hydrogen-bond acceptors (Lipinski definition) is 4. The van der Waals surface area contributed by atoms with Gasteiger partial charge in [-0.05, 0) is 43.2 Å². The third kappa shape index (κ3) is 5.03. The van der Waals surface area contributed by atoms with Crippen LogP contribution < -0.4 is 10.6 Å². The fourth-order valence-electron chi connectivity index (χ4n) is 5.19. The van der Waals surface area contributed by atoms with E-state index in [1.807, 2.05) is 48.5 Å². The molecular weight excluding hydrogens is 454 g/mol. The first kappa shape index (κ1) is 23.8. The van der Waals surface area contributed by atoms with Crippen molar-refractivity contribution < 1.29 is 14.4 Å². The van der Waals surface area contributed by atoms with Crippen LogP contribution in [-0.2, 0) is 22.4 Å². The first-order valence-electron chi connectivity index (χ1n) is 12.7. The van der Waals surface area contributed by atoms with E-state index in [0.29, 0.717) is 18.8 Å². The molecule has 8 heteroatoms. The second-order valence-electron chi connectivity index (χ2n) is 9.39. The van der Waals surface area contributed by atoms with Gasteiger partial charge >= 0.3 is 0 Å². The summed E-state index contributed by atoms with van der Waals surface area (Å²) in [5, 5.41) is 13.1. The minimum atomic E-state index is -0.384. The fraction of sp³-hybridized carbons (Fsp3) is 0.357. The lowest BCUT2D eigenvalue weighted by molar-refractivity contribution is -0.134. The summed E-state index contributed by atoms with van der Waals surface area (Å²) in [4.78, 5) is 40.8. The van der Waals surface area contributed by atoms with E-state index < -0.39 is 0 Å². The summed E-state index contributed by atoms with van der Waals surface area (Å²) in [5.41, 5.74) is 5.28. The highest BCUT2D eigenvalue weighted by Gasteiger charge is 2.29. The maximum Gasteiger partial charge on any atom is 0.270 e. The number of carbonyl (C=O) groups is 3. The lowest BCUT2D eigenvalue weighted by Gasteiger charge is -2.33. The summed E-state index contributed by atoms with van der Waals surface area (Å²) in [6.07, 6.45) is 4.39. The van der Waals surface area contributed by atoms with Crippen LogP contribution in [0.3, 0.4) is 0 Å². The van der Waals surface area contributed by atoms with Gasteiger partial charge in [-0.2, -0.15) is 5.10 Å². The molecule has 5 rings (SSSR count).